The molecule has 2 N–H and O–H groups in total. The predicted molar refractivity (Wildman–Crippen MR) is 69.5 cm³/mol. The minimum absolute atomic E-state index is 0.736. The molecule has 2 rings (SSSR count). The van der Waals surface area contributed by atoms with E-state index in [0.717, 1.165) is 27.1 Å². The second-order valence-electron chi connectivity index (χ2n) is 3.71. The molecule has 0 amide bonds. The molecule has 0 aliphatic rings. The average Bonchev–Trinajstić information content (AvgIpc) is 2.56. The van der Waals surface area contributed by atoms with Crippen molar-refractivity contribution in [2.45, 2.75) is 16.8 Å². The molecule has 90 valence electrons. The molecule has 0 radical (unpaired) electrons. The van der Waals surface area contributed by atoms with E-state index < -0.39 is 0 Å². The molecule has 0 aliphatic carbocycles. The summed E-state index contributed by atoms with van der Waals surface area (Å²) < 4.78 is 6.99. The lowest BCUT2D eigenvalue weighted by atomic mass is 10.3. The first-order chi connectivity index (χ1) is 8.11. The van der Waals surface area contributed by atoms with Gasteiger partial charge in [-0.15, -0.1) is 0 Å². The van der Waals surface area contributed by atoms with E-state index in [1.54, 1.807) is 23.6 Å². The Morgan fingerprint density at radius 2 is 2.18 bits per heavy atom. The number of ether oxygens (including phenoxy) is 1. The third-order valence-electron chi connectivity index (χ3n) is 2.47. The van der Waals surface area contributed by atoms with Gasteiger partial charge in [-0.2, -0.15) is 5.10 Å². The first-order valence-corrected chi connectivity index (χ1v) is 6.04. The van der Waals surface area contributed by atoms with Crippen molar-refractivity contribution in [2.24, 2.45) is 7.05 Å². The van der Waals surface area contributed by atoms with Crippen LogP contribution in [0.2, 0.25) is 0 Å². The van der Waals surface area contributed by atoms with E-state index in [-0.39, 0.29) is 0 Å². The normalized spacial score (nSPS) is 10.5. The number of anilines is 1. The van der Waals surface area contributed by atoms with E-state index in [0.29, 0.717) is 0 Å². The lowest BCUT2D eigenvalue weighted by Crippen LogP contribution is -1.93. The van der Waals surface area contributed by atoms with Gasteiger partial charge in [-0.1, -0.05) is 17.8 Å². The van der Waals surface area contributed by atoms with Crippen LogP contribution >= 0.6 is 11.8 Å². The SMILES string of the molecule is COc1cccc(Sc2c(N)c(C)nn2C)c1. The third-order valence-corrected chi connectivity index (χ3v) is 3.64. The second-order valence-corrected chi connectivity index (χ2v) is 4.77. The van der Waals surface area contributed by atoms with Gasteiger partial charge in [0.15, 0.2) is 0 Å². The Kier molecular flexibility index (Phi) is 3.28. The number of aryl methyl sites for hydroxylation is 2. The van der Waals surface area contributed by atoms with E-state index in [1.807, 2.05) is 38.2 Å². The number of rotatable bonds is 3. The smallest absolute Gasteiger partial charge is 0.122 e. The Labute approximate surface area is 105 Å². The van der Waals surface area contributed by atoms with Crippen molar-refractivity contribution in [3.05, 3.63) is 30.0 Å². The minimum Gasteiger partial charge on any atom is -0.497 e. The van der Waals surface area contributed by atoms with Crippen molar-refractivity contribution in [1.29, 1.82) is 0 Å². The molecule has 0 saturated heterocycles. The van der Waals surface area contributed by atoms with E-state index in [9.17, 15) is 0 Å². The number of benzene rings is 1. The molecule has 0 saturated carbocycles. The summed E-state index contributed by atoms with van der Waals surface area (Å²) in [5.41, 5.74) is 7.58. The maximum atomic E-state index is 5.99. The molecule has 1 heterocycles. The molecule has 0 spiro atoms. The summed E-state index contributed by atoms with van der Waals surface area (Å²) >= 11 is 1.59. The fourth-order valence-corrected chi connectivity index (χ4v) is 2.53. The average molecular weight is 249 g/mol. The number of hydrogen-bond acceptors (Lipinski definition) is 4. The zero-order valence-electron chi connectivity index (χ0n) is 10.1. The first-order valence-electron chi connectivity index (χ1n) is 5.23. The van der Waals surface area contributed by atoms with Crippen LogP contribution in [-0.2, 0) is 7.05 Å². The molecule has 1 aromatic heterocycles. The Hall–Kier alpha value is -1.62. The number of aromatic nitrogens is 2. The predicted octanol–water partition coefficient (Wildman–Crippen LogP) is 2.47. The highest BCUT2D eigenvalue weighted by molar-refractivity contribution is 7.99. The number of nitrogens with two attached hydrogens (primary N) is 1. The van der Waals surface area contributed by atoms with Crippen molar-refractivity contribution in [1.82, 2.24) is 9.78 Å². The van der Waals surface area contributed by atoms with Crippen LogP contribution in [-0.4, -0.2) is 16.9 Å². The largest absolute Gasteiger partial charge is 0.497 e. The second kappa shape index (κ2) is 4.71. The van der Waals surface area contributed by atoms with Crippen LogP contribution in [0.15, 0.2) is 34.2 Å². The molecular formula is C12H15N3OS. The van der Waals surface area contributed by atoms with Crippen LogP contribution in [0.5, 0.6) is 5.75 Å². The molecule has 0 atom stereocenters. The van der Waals surface area contributed by atoms with Crippen molar-refractivity contribution in [3.8, 4) is 5.75 Å². The van der Waals surface area contributed by atoms with Crippen LogP contribution in [0, 0.1) is 6.92 Å². The quantitative estimate of drug-likeness (QED) is 0.908. The number of hydrogen-bond donors (Lipinski definition) is 1. The first kappa shape index (κ1) is 11.9. The van der Waals surface area contributed by atoms with Crippen LogP contribution in [0.1, 0.15) is 5.69 Å². The highest BCUT2D eigenvalue weighted by atomic mass is 32.2. The molecule has 0 bridgehead atoms. The van der Waals surface area contributed by atoms with E-state index >= 15 is 0 Å². The molecule has 4 nitrogen and oxygen atoms in total. The summed E-state index contributed by atoms with van der Waals surface area (Å²) in [6, 6.07) is 7.88. The molecule has 2 aromatic rings. The highest BCUT2D eigenvalue weighted by Crippen LogP contribution is 2.34. The number of nitrogen functional groups attached to an aromatic ring is 1. The summed E-state index contributed by atoms with van der Waals surface area (Å²) in [6.07, 6.45) is 0. The van der Waals surface area contributed by atoms with Gasteiger partial charge in [0.25, 0.3) is 0 Å². The molecular weight excluding hydrogens is 234 g/mol. The van der Waals surface area contributed by atoms with Crippen LogP contribution in [0.4, 0.5) is 5.69 Å². The maximum Gasteiger partial charge on any atom is 0.122 e. The number of nitrogens with zero attached hydrogens (tertiary/aromatic N) is 2. The monoisotopic (exact) mass is 249 g/mol. The lowest BCUT2D eigenvalue weighted by molar-refractivity contribution is 0.413. The standard InChI is InChI=1S/C12H15N3OS/c1-8-11(13)12(15(2)14-8)17-10-6-4-5-9(7-10)16-3/h4-7H,13H2,1-3H3. The van der Waals surface area contributed by atoms with E-state index in [1.165, 1.54) is 0 Å². The summed E-state index contributed by atoms with van der Waals surface area (Å²) in [5.74, 6) is 0.840. The van der Waals surface area contributed by atoms with Gasteiger partial charge in [-0.05, 0) is 25.1 Å². The van der Waals surface area contributed by atoms with Gasteiger partial charge < -0.3 is 10.5 Å². The van der Waals surface area contributed by atoms with Crippen LogP contribution in [0.25, 0.3) is 0 Å². The summed E-state index contributed by atoms with van der Waals surface area (Å²) in [7, 11) is 3.55. The van der Waals surface area contributed by atoms with Gasteiger partial charge in [0.2, 0.25) is 0 Å². The lowest BCUT2D eigenvalue weighted by Gasteiger charge is -2.05. The Morgan fingerprint density at radius 3 is 2.76 bits per heavy atom. The fraction of sp³-hybridized carbons (Fsp3) is 0.250. The summed E-state index contributed by atoms with van der Waals surface area (Å²) in [4.78, 5) is 1.08. The zero-order valence-corrected chi connectivity index (χ0v) is 10.9. The molecule has 0 unspecified atom stereocenters. The maximum absolute atomic E-state index is 5.99. The molecule has 1 aromatic carbocycles. The van der Waals surface area contributed by atoms with E-state index in [2.05, 4.69) is 5.10 Å². The van der Waals surface area contributed by atoms with Gasteiger partial charge in [0.1, 0.15) is 10.8 Å². The highest BCUT2D eigenvalue weighted by Gasteiger charge is 2.11. The van der Waals surface area contributed by atoms with Gasteiger partial charge in [-0.3, -0.25) is 4.68 Å². The fourth-order valence-electron chi connectivity index (χ4n) is 1.55. The van der Waals surface area contributed by atoms with Crippen LogP contribution < -0.4 is 10.5 Å². The Bertz CT molecular complexity index is 537. The Balaban J connectivity index is 2.31. The van der Waals surface area contributed by atoms with Crippen molar-refractivity contribution in [3.63, 3.8) is 0 Å². The van der Waals surface area contributed by atoms with Gasteiger partial charge >= 0.3 is 0 Å². The molecule has 0 fully saturated rings. The van der Waals surface area contributed by atoms with Crippen LogP contribution in [0.3, 0.4) is 0 Å². The summed E-state index contributed by atoms with van der Waals surface area (Å²) in [5, 5.41) is 5.24. The van der Waals surface area contributed by atoms with Crippen molar-refractivity contribution < 1.29 is 4.74 Å². The van der Waals surface area contributed by atoms with E-state index in [4.69, 9.17) is 10.5 Å². The summed E-state index contributed by atoms with van der Waals surface area (Å²) in [6.45, 7) is 1.91. The van der Waals surface area contributed by atoms with Gasteiger partial charge in [0.05, 0.1) is 18.5 Å². The topological polar surface area (TPSA) is 53.1 Å². The van der Waals surface area contributed by atoms with Gasteiger partial charge in [0, 0.05) is 11.9 Å². The zero-order chi connectivity index (χ0) is 12.4. The molecule has 0 aliphatic heterocycles. The molecule has 5 heteroatoms. The Morgan fingerprint density at radius 1 is 1.41 bits per heavy atom. The van der Waals surface area contributed by atoms with Gasteiger partial charge in [-0.25, -0.2) is 0 Å². The third kappa shape index (κ3) is 2.39. The molecule has 17 heavy (non-hydrogen) atoms. The van der Waals surface area contributed by atoms with Crippen molar-refractivity contribution >= 4 is 17.4 Å². The van der Waals surface area contributed by atoms with Crippen molar-refractivity contribution in [2.75, 3.05) is 12.8 Å². The number of methoxy groups -OCH3 is 1. The minimum atomic E-state index is 0.736.